The highest BCUT2D eigenvalue weighted by Gasteiger charge is 2.14. The van der Waals surface area contributed by atoms with Crippen molar-refractivity contribution >= 4 is 22.8 Å². The first-order valence-corrected chi connectivity index (χ1v) is 6.14. The monoisotopic (exact) mass is 276 g/mol. The number of fused-ring (bicyclic) bond motifs is 1. The smallest absolute Gasteiger partial charge is 0.178 e. The highest BCUT2D eigenvalue weighted by molar-refractivity contribution is 6.29. The van der Waals surface area contributed by atoms with E-state index in [0.717, 1.165) is 5.56 Å². The molecule has 0 spiro atoms. The SMILES string of the molecule is CC(c1cccc(F)c1)n1ncc2ncc(Cl)nc21. The fourth-order valence-corrected chi connectivity index (χ4v) is 2.12. The number of rotatable bonds is 2. The summed E-state index contributed by atoms with van der Waals surface area (Å²) in [6, 6.07) is 6.26. The Morgan fingerprint density at radius 2 is 2.16 bits per heavy atom. The average molecular weight is 277 g/mol. The van der Waals surface area contributed by atoms with Crippen LogP contribution in [0.4, 0.5) is 4.39 Å². The maximum Gasteiger partial charge on any atom is 0.178 e. The number of benzene rings is 1. The van der Waals surface area contributed by atoms with Gasteiger partial charge in [-0.1, -0.05) is 23.7 Å². The molecule has 0 saturated carbocycles. The highest BCUT2D eigenvalue weighted by Crippen LogP contribution is 2.22. The summed E-state index contributed by atoms with van der Waals surface area (Å²) in [7, 11) is 0. The molecule has 19 heavy (non-hydrogen) atoms. The van der Waals surface area contributed by atoms with E-state index in [2.05, 4.69) is 15.1 Å². The lowest BCUT2D eigenvalue weighted by Crippen LogP contribution is -2.09. The van der Waals surface area contributed by atoms with Gasteiger partial charge in [0.25, 0.3) is 0 Å². The van der Waals surface area contributed by atoms with Gasteiger partial charge in [-0.25, -0.2) is 19.0 Å². The molecule has 0 bridgehead atoms. The first-order valence-electron chi connectivity index (χ1n) is 5.76. The largest absolute Gasteiger partial charge is 0.248 e. The van der Waals surface area contributed by atoms with Gasteiger partial charge >= 0.3 is 0 Å². The van der Waals surface area contributed by atoms with Crippen molar-refractivity contribution in [3.63, 3.8) is 0 Å². The van der Waals surface area contributed by atoms with Gasteiger partial charge in [0.2, 0.25) is 0 Å². The van der Waals surface area contributed by atoms with Gasteiger partial charge in [0.15, 0.2) is 5.65 Å². The molecule has 0 aliphatic heterocycles. The summed E-state index contributed by atoms with van der Waals surface area (Å²) in [6.45, 7) is 1.92. The minimum atomic E-state index is -0.273. The van der Waals surface area contributed by atoms with Gasteiger partial charge in [-0.2, -0.15) is 5.10 Å². The molecular formula is C13H10ClFN4. The minimum Gasteiger partial charge on any atom is -0.248 e. The Morgan fingerprint density at radius 1 is 1.32 bits per heavy atom. The third-order valence-corrected chi connectivity index (χ3v) is 3.15. The summed E-state index contributed by atoms with van der Waals surface area (Å²) < 4.78 is 15.0. The molecule has 0 amide bonds. The Bertz CT molecular complexity index is 740. The lowest BCUT2D eigenvalue weighted by atomic mass is 10.1. The van der Waals surface area contributed by atoms with Crippen molar-refractivity contribution in [2.45, 2.75) is 13.0 Å². The van der Waals surface area contributed by atoms with Crippen molar-refractivity contribution in [1.82, 2.24) is 19.7 Å². The van der Waals surface area contributed by atoms with Crippen LogP contribution in [-0.4, -0.2) is 19.7 Å². The Hall–Kier alpha value is -2.01. The van der Waals surface area contributed by atoms with Crippen LogP contribution >= 0.6 is 11.6 Å². The van der Waals surface area contributed by atoms with Gasteiger partial charge in [0, 0.05) is 0 Å². The van der Waals surface area contributed by atoms with Crippen molar-refractivity contribution in [2.24, 2.45) is 0 Å². The van der Waals surface area contributed by atoms with E-state index < -0.39 is 0 Å². The molecule has 1 unspecified atom stereocenters. The number of hydrogen-bond acceptors (Lipinski definition) is 3. The van der Waals surface area contributed by atoms with E-state index in [1.807, 2.05) is 13.0 Å². The molecule has 2 aromatic heterocycles. The number of halogens is 2. The van der Waals surface area contributed by atoms with E-state index in [4.69, 9.17) is 11.6 Å². The molecule has 0 aliphatic rings. The molecule has 0 saturated heterocycles. The van der Waals surface area contributed by atoms with Crippen molar-refractivity contribution < 1.29 is 4.39 Å². The molecule has 0 fully saturated rings. The maximum atomic E-state index is 13.3. The fraction of sp³-hybridized carbons (Fsp3) is 0.154. The van der Waals surface area contributed by atoms with E-state index >= 15 is 0 Å². The lowest BCUT2D eigenvalue weighted by molar-refractivity contribution is 0.568. The zero-order chi connectivity index (χ0) is 13.4. The zero-order valence-electron chi connectivity index (χ0n) is 10.1. The molecule has 3 rings (SSSR count). The van der Waals surface area contributed by atoms with Crippen LogP contribution in [0.5, 0.6) is 0 Å². The molecular weight excluding hydrogens is 267 g/mol. The second-order valence-corrected chi connectivity index (χ2v) is 4.61. The second kappa shape index (κ2) is 4.59. The van der Waals surface area contributed by atoms with E-state index in [1.165, 1.54) is 18.3 Å². The highest BCUT2D eigenvalue weighted by atomic mass is 35.5. The molecule has 6 heteroatoms. The van der Waals surface area contributed by atoms with Gasteiger partial charge in [-0.15, -0.1) is 0 Å². The first kappa shape index (κ1) is 12.0. The molecule has 2 heterocycles. The van der Waals surface area contributed by atoms with Gasteiger partial charge in [-0.05, 0) is 24.6 Å². The Morgan fingerprint density at radius 3 is 2.95 bits per heavy atom. The summed E-state index contributed by atoms with van der Waals surface area (Å²) >= 11 is 5.85. The van der Waals surface area contributed by atoms with Crippen LogP contribution in [0, 0.1) is 5.82 Å². The van der Waals surface area contributed by atoms with Crippen molar-refractivity contribution in [2.75, 3.05) is 0 Å². The van der Waals surface area contributed by atoms with E-state index in [0.29, 0.717) is 16.3 Å². The Labute approximate surface area is 113 Å². The van der Waals surface area contributed by atoms with Gasteiger partial charge < -0.3 is 0 Å². The van der Waals surface area contributed by atoms with Crippen LogP contribution in [0.1, 0.15) is 18.5 Å². The zero-order valence-corrected chi connectivity index (χ0v) is 10.8. The number of hydrogen-bond donors (Lipinski definition) is 0. The number of aromatic nitrogens is 4. The van der Waals surface area contributed by atoms with E-state index in [-0.39, 0.29) is 11.9 Å². The molecule has 3 aromatic rings. The summed E-state index contributed by atoms with van der Waals surface area (Å²) in [5.74, 6) is -0.273. The first-order chi connectivity index (χ1) is 9.15. The van der Waals surface area contributed by atoms with E-state index in [1.54, 1.807) is 16.9 Å². The summed E-state index contributed by atoms with van der Waals surface area (Å²) in [4.78, 5) is 8.36. The van der Waals surface area contributed by atoms with Gasteiger partial charge in [0.1, 0.15) is 16.5 Å². The maximum absolute atomic E-state index is 13.3. The predicted molar refractivity (Wildman–Crippen MR) is 70.5 cm³/mol. The fourth-order valence-electron chi connectivity index (χ4n) is 1.99. The third-order valence-electron chi connectivity index (χ3n) is 2.97. The summed E-state index contributed by atoms with van der Waals surface area (Å²) in [5, 5.41) is 4.56. The predicted octanol–water partition coefficient (Wildman–Crippen LogP) is 3.23. The van der Waals surface area contributed by atoms with Crippen LogP contribution in [0.15, 0.2) is 36.7 Å². The molecule has 0 N–H and O–H groups in total. The Balaban J connectivity index is 2.11. The normalized spacial score (nSPS) is 12.8. The van der Waals surface area contributed by atoms with Crippen molar-refractivity contribution in [3.8, 4) is 0 Å². The summed E-state index contributed by atoms with van der Waals surface area (Å²) in [6.07, 6.45) is 3.09. The molecule has 96 valence electrons. The van der Waals surface area contributed by atoms with Crippen LogP contribution in [-0.2, 0) is 0 Å². The lowest BCUT2D eigenvalue weighted by Gasteiger charge is -2.13. The van der Waals surface area contributed by atoms with Crippen LogP contribution in [0.3, 0.4) is 0 Å². The third kappa shape index (κ3) is 2.17. The molecule has 0 radical (unpaired) electrons. The average Bonchev–Trinajstić information content (AvgIpc) is 2.80. The van der Waals surface area contributed by atoms with Crippen molar-refractivity contribution in [1.29, 1.82) is 0 Å². The number of nitrogens with zero attached hydrogens (tertiary/aromatic N) is 4. The van der Waals surface area contributed by atoms with Gasteiger partial charge in [0.05, 0.1) is 18.4 Å². The van der Waals surface area contributed by atoms with Crippen LogP contribution in [0.25, 0.3) is 11.2 Å². The minimum absolute atomic E-state index is 0.152. The quantitative estimate of drug-likeness (QED) is 0.722. The molecule has 0 aliphatic carbocycles. The van der Waals surface area contributed by atoms with Crippen LogP contribution < -0.4 is 0 Å². The van der Waals surface area contributed by atoms with Crippen LogP contribution in [0.2, 0.25) is 5.15 Å². The van der Waals surface area contributed by atoms with Gasteiger partial charge in [-0.3, -0.25) is 0 Å². The molecule has 1 aromatic carbocycles. The standard InChI is InChI=1S/C13H10ClFN4/c1-8(9-3-2-4-10(15)5-9)19-13-11(6-17-19)16-7-12(14)18-13/h2-8H,1H3. The second-order valence-electron chi connectivity index (χ2n) is 4.22. The summed E-state index contributed by atoms with van der Waals surface area (Å²) in [5.41, 5.74) is 2.06. The molecule has 1 atom stereocenters. The van der Waals surface area contributed by atoms with Crippen molar-refractivity contribution in [3.05, 3.63) is 53.2 Å². The molecule has 4 nitrogen and oxygen atoms in total. The Kier molecular flexibility index (Phi) is 2.91. The topological polar surface area (TPSA) is 43.6 Å². The van der Waals surface area contributed by atoms with E-state index in [9.17, 15) is 4.39 Å².